The summed E-state index contributed by atoms with van der Waals surface area (Å²) in [5.74, 6) is -0.0266. The molecule has 0 aromatic rings. The first-order chi connectivity index (χ1) is 19.6. The van der Waals surface area contributed by atoms with Crippen molar-refractivity contribution in [3.63, 3.8) is 0 Å². The van der Waals surface area contributed by atoms with E-state index in [1.54, 1.807) is 0 Å². The Bertz CT molecular complexity index is 527. The van der Waals surface area contributed by atoms with Gasteiger partial charge in [0.1, 0.15) is 0 Å². The van der Waals surface area contributed by atoms with Gasteiger partial charge in [-0.2, -0.15) is 0 Å². The fraction of sp³-hybridized carbons (Fsp3) is 0.895. The molecule has 0 saturated heterocycles. The van der Waals surface area contributed by atoms with Crippen molar-refractivity contribution in [2.75, 3.05) is 0 Å². The molecule has 252 valence electrons. The highest BCUT2D eigenvalue weighted by Gasteiger charge is 2.14. The molecule has 0 aromatic carbocycles. The molecule has 4 nitrogen and oxygen atoms in total. The summed E-state index contributed by atoms with van der Waals surface area (Å²) >= 11 is 0. The molecule has 0 amide bonds. The second-order valence-electron chi connectivity index (χ2n) is 12.7. The molecule has 0 aliphatic rings. The molecule has 0 radical (unpaired) electrons. The third-order valence-corrected chi connectivity index (χ3v) is 8.69. The topological polar surface area (TPSA) is 104 Å². The van der Waals surface area contributed by atoms with Crippen LogP contribution >= 0.6 is 0 Å². The van der Waals surface area contributed by atoms with Crippen molar-refractivity contribution < 1.29 is 9.59 Å². The third kappa shape index (κ3) is 33.5. The molecule has 0 bridgehead atoms. The van der Waals surface area contributed by atoms with Crippen molar-refractivity contribution in [1.82, 2.24) is 12.3 Å². The summed E-state index contributed by atoms with van der Waals surface area (Å²) in [5.41, 5.74) is 0.260. The van der Waals surface area contributed by atoms with Gasteiger partial charge in [0.2, 0.25) is 0 Å². The van der Waals surface area contributed by atoms with E-state index in [0.29, 0.717) is 12.8 Å². The van der Waals surface area contributed by atoms with E-state index in [4.69, 9.17) is 0 Å². The number of carbonyl (C=O) groups excluding carboxylic acids is 2. The minimum atomic E-state index is -0.0133. The van der Waals surface area contributed by atoms with Crippen LogP contribution in [-0.4, -0.2) is 11.6 Å². The Balaban J connectivity index is -0.00000760. The maximum absolute atomic E-state index is 12.4. The molecule has 0 spiro atoms. The van der Waals surface area contributed by atoms with Crippen LogP contribution in [0.2, 0.25) is 0 Å². The fourth-order valence-electron chi connectivity index (χ4n) is 5.77. The summed E-state index contributed by atoms with van der Waals surface area (Å²) < 4.78 is 0. The number of allylic oxidation sites excluding steroid dienone is 1. The molecule has 42 heavy (non-hydrogen) atoms. The van der Waals surface area contributed by atoms with Gasteiger partial charge < -0.3 is 12.3 Å². The monoisotopic (exact) mass is 595 g/mol. The zero-order valence-electron chi connectivity index (χ0n) is 29.1. The zero-order chi connectivity index (χ0) is 29.4. The van der Waals surface area contributed by atoms with Crippen LogP contribution in [0, 0.1) is 0 Å². The molecule has 0 rings (SSSR count). The van der Waals surface area contributed by atoms with Crippen LogP contribution in [0.5, 0.6) is 0 Å². The average molecular weight is 595 g/mol. The first kappa shape index (κ1) is 45.4. The van der Waals surface area contributed by atoms with Crippen LogP contribution < -0.4 is 12.3 Å². The van der Waals surface area contributed by atoms with Crippen LogP contribution in [0.4, 0.5) is 0 Å². The van der Waals surface area contributed by atoms with Crippen molar-refractivity contribution in [3.05, 3.63) is 12.2 Å². The van der Waals surface area contributed by atoms with Crippen LogP contribution in [-0.2, 0) is 9.59 Å². The number of rotatable bonds is 34. The Morgan fingerprint density at radius 1 is 0.333 bits per heavy atom. The van der Waals surface area contributed by atoms with Gasteiger partial charge in [-0.1, -0.05) is 200 Å². The largest absolute Gasteiger partial charge is 0.344 e. The number of hydrogen-bond donors (Lipinski definition) is 2. The summed E-state index contributed by atoms with van der Waals surface area (Å²) in [6, 6.07) is 0. The summed E-state index contributed by atoms with van der Waals surface area (Å²) in [4.78, 5) is 24.7. The molecular formula is C38H78N2O2. The average Bonchev–Trinajstić information content (AvgIpc) is 2.96. The van der Waals surface area contributed by atoms with Gasteiger partial charge in [-0.3, -0.25) is 9.59 Å². The minimum Gasteiger partial charge on any atom is -0.344 e. The van der Waals surface area contributed by atoms with Gasteiger partial charge in [0, 0.05) is 12.8 Å². The van der Waals surface area contributed by atoms with Gasteiger partial charge in [0.05, 0.1) is 5.57 Å². The van der Waals surface area contributed by atoms with E-state index in [2.05, 4.69) is 20.4 Å². The highest BCUT2D eigenvalue weighted by atomic mass is 16.1. The fourth-order valence-corrected chi connectivity index (χ4v) is 5.77. The van der Waals surface area contributed by atoms with Crippen LogP contribution in [0.25, 0.3) is 0 Å². The van der Waals surface area contributed by atoms with Gasteiger partial charge in [0.25, 0.3) is 0 Å². The normalized spacial score (nSPS) is 10.7. The van der Waals surface area contributed by atoms with Gasteiger partial charge in [-0.15, -0.1) is 0 Å². The van der Waals surface area contributed by atoms with E-state index in [1.165, 1.54) is 167 Å². The summed E-state index contributed by atoms with van der Waals surface area (Å²) in [7, 11) is 0. The van der Waals surface area contributed by atoms with Gasteiger partial charge in [-0.05, 0) is 12.8 Å². The van der Waals surface area contributed by atoms with Gasteiger partial charge >= 0.3 is 0 Å². The van der Waals surface area contributed by atoms with E-state index in [-0.39, 0.29) is 29.4 Å². The predicted molar refractivity (Wildman–Crippen MR) is 188 cm³/mol. The highest BCUT2D eigenvalue weighted by molar-refractivity contribution is 6.19. The molecule has 0 aliphatic carbocycles. The smallest absolute Gasteiger partial charge is 0.165 e. The number of unbranched alkanes of at least 4 members (excludes halogenated alkanes) is 28. The van der Waals surface area contributed by atoms with E-state index >= 15 is 0 Å². The van der Waals surface area contributed by atoms with Crippen molar-refractivity contribution in [2.24, 2.45) is 0 Å². The van der Waals surface area contributed by atoms with Crippen molar-refractivity contribution in [2.45, 2.75) is 219 Å². The Hall–Kier alpha value is -1.00. The number of Topliss-reactive ketones (excluding diaryl/α,β-unsaturated/α-hetero) is 2. The Morgan fingerprint density at radius 3 is 0.690 bits per heavy atom. The molecule has 0 atom stereocenters. The van der Waals surface area contributed by atoms with Gasteiger partial charge in [-0.25, -0.2) is 0 Å². The van der Waals surface area contributed by atoms with E-state index < -0.39 is 0 Å². The Kier molecular flexibility index (Phi) is 41.1. The van der Waals surface area contributed by atoms with Crippen LogP contribution in [0.15, 0.2) is 12.2 Å². The SMILES string of the molecule is C=C(C(=O)CCCCCCCCCCCCCCCCC)C(=O)CCCCCCCCCCCCCCCCC.N.N. The second-order valence-corrected chi connectivity index (χ2v) is 12.7. The van der Waals surface area contributed by atoms with E-state index in [9.17, 15) is 9.59 Å². The predicted octanol–water partition coefficient (Wildman–Crippen LogP) is 13.5. The van der Waals surface area contributed by atoms with E-state index in [1.807, 2.05) is 0 Å². The van der Waals surface area contributed by atoms with Gasteiger partial charge in [0.15, 0.2) is 11.6 Å². The lowest BCUT2D eigenvalue weighted by Gasteiger charge is -2.06. The maximum Gasteiger partial charge on any atom is 0.165 e. The molecule has 6 N–H and O–H groups in total. The number of carbonyl (C=O) groups is 2. The molecule has 4 heteroatoms. The van der Waals surface area contributed by atoms with Crippen molar-refractivity contribution >= 4 is 11.6 Å². The van der Waals surface area contributed by atoms with Crippen LogP contribution in [0.3, 0.4) is 0 Å². The summed E-state index contributed by atoms with van der Waals surface area (Å²) in [6.45, 7) is 8.39. The maximum atomic E-state index is 12.4. The molecule has 0 fully saturated rings. The lowest BCUT2D eigenvalue weighted by atomic mass is 9.98. The second kappa shape index (κ2) is 38.0. The number of hydrogen-bond acceptors (Lipinski definition) is 4. The summed E-state index contributed by atoms with van der Waals surface area (Å²) in [5, 5.41) is 0. The van der Waals surface area contributed by atoms with Crippen LogP contribution in [0.1, 0.15) is 219 Å². The Labute approximate surface area is 264 Å². The van der Waals surface area contributed by atoms with Crippen molar-refractivity contribution in [3.8, 4) is 0 Å². The van der Waals surface area contributed by atoms with E-state index in [0.717, 1.165) is 25.7 Å². The lowest BCUT2D eigenvalue weighted by Crippen LogP contribution is -2.11. The molecule has 0 aromatic heterocycles. The molecule has 0 saturated carbocycles. The lowest BCUT2D eigenvalue weighted by molar-refractivity contribution is -0.121. The quantitative estimate of drug-likeness (QED) is 0.0334. The zero-order valence-corrected chi connectivity index (χ0v) is 29.1. The molecule has 0 aliphatic heterocycles. The highest BCUT2D eigenvalue weighted by Crippen LogP contribution is 2.16. The molecule has 0 unspecified atom stereocenters. The minimum absolute atomic E-state index is 0. The molecular weight excluding hydrogens is 516 g/mol. The third-order valence-electron chi connectivity index (χ3n) is 8.69. The summed E-state index contributed by atoms with van der Waals surface area (Å²) in [6.07, 6.45) is 40.7. The standard InChI is InChI=1S/C38H72O2.2H3N/c1-4-6-8-10-12-14-16-18-20-22-24-26-28-30-32-34-37(39)36(3)38(40)35-33-31-29-27-25-23-21-19-17-15-13-11-9-7-5-2;;/h3-35H2,1-2H3;2*1H3. The van der Waals surface area contributed by atoms with Crippen molar-refractivity contribution in [1.29, 1.82) is 0 Å². The Morgan fingerprint density at radius 2 is 0.500 bits per heavy atom. The first-order valence-electron chi connectivity index (χ1n) is 18.4. The molecule has 0 heterocycles. The number of ketones is 2. The first-order valence-corrected chi connectivity index (χ1v) is 18.4.